The van der Waals surface area contributed by atoms with Gasteiger partial charge in [0, 0.05) is 17.0 Å². The van der Waals surface area contributed by atoms with E-state index in [2.05, 4.69) is 10.9 Å². The molecule has 1 saturated carbocycles. The second-order valence-corrected chi connectivity index (χ2v) is 8.01. The molecular formula is C22H24ClN3O3. The van der Waals surface area contributed by atoms with Crippen LogP contribution in [-0.4, -0.2) is 11.9 Å². The van der Waals surface area contributed by atoms with Crippen molar-refractivity contribution in [2.75, 3.05) is 4.90 Å². The van der Waals surface area contributed by atoms with E-state index in [0.29, 0.717) is 41.1 Å². The standard InChI is InChI=1S/C22H24ClN3O3/c23-17-10-11-20-18(13-17)26(14-16-7-3-4-8-19(16)29-20)22(28)25-24-21(27)12-9-15-5-1-2-6-15/h3-4,7-8,10-11,13,15H,1-2,5-6,9,12,14H2,(H,24,27)(H,25,28). The van der Waals surface area contributed by atoms with E-state index >= 15 is 0 Å². The van der Waals surface area contributed by atoms with Gasteiger partial charge in [0.1, 0.15) is 5.75 Å². The Morgan fingerprint density at radius 2 is 1.86 bits per heavy atom. The maximum absolute atomic E-state index is 12.9. The van der Waals surface area contributed by atoms with Gasteiger partial charge in [-0.15, -0.1) is 0 Å². The van der Waals surface area contributed by atoms with Crippen LogP contribution in [0, 0.1) is 5.92 Å². The molecule has 2 N–H and O–H groups in total. The minimum absolute atomic E-state index is 0.178. The first-order valence-corrected chi connectivity index (χ1v) is 10.4. The Labute approximate surface area is 175 Å². The van der Waals surface area contributed by atoms with Gasteiger partial charge in [0.2, 0.25) is 5.91 Å². The van der Waals surface area contributed by atoms with Crippen LogP contribution < -0.4 is 20.5 Å². The number of rotatable bonds is 3. The lowest BCUT2D eigenvalue weighted by Gasteiger charge is -2.22. The lowest BCUT2D eigenvalue weighted by Crippen LogP contribution is -2.48. The zero-order valence-corrected chi connectivity index (χ0v) is 16.9. The number of nitrogens with one attached hydrogen (secondary N) is 2. The topological polar surface area (TPSA) is 70.7 Å². The number of ether oxygens (including phenoxy) is 1. The number of halogens is 1. The number of urea groups is 1. The van der Waals surface area contributed by atoms with Crippen molar-refractivity contribution in [1.29, 1.82) is 0 Å². The highest BCUT2D eigenvalue weighted by Gasteiger charge is 2.26. The summed E-state index contributed by atoms with van der Waals surface area (Å²) in [6.45, 7) is 0.299. The van der Waals surface area contributed by atoms with E-state index in [9.17, 15) is 9.59 Å². The monoisotopic (exact) mass is 413 g/mol. The van der Waals surface area contributed by atoms with Gasteiger partial charge < -0.3 is 4.74 Å². The molecule has 2 aliphatic rings. The molecule has 1 heterocycles. The molecule has 0 unspecified atom stereocenters. The van der Waals surface area contributed by atoms with Crippen LogP contribution in [0.25, 0.3) is 0 Å². The van der Waals surface area contributed by atoms with Gasteiger partial charge in [-0.1, -0.05) is 55.5 Å². The summed E-state index contributed by atoms with van der Waals surface area (Å²) in [6.07, 6.45) is 6.19. The maximum atomic E-state index is 12.9. The molecule has 152 valence electrons. The third-order valence-electron chi connectivity index (χ3n) is 5.54. The quantitative estimate of drug-likeness (QED) is 0.682. The third-order valence-corrected chi connectivity index (χ3v) is 5.78. The van der Waals surface area contributed by atoms with Crippen LogP contribution in [-0.2, 0) is 11.3 Å². The number of anilines is 1. The maximum Gasteiger partial charge on any atom is 0.341 e. The van der Waals surface area contributed by atoms with Crippen LogP contribution >= 0.6 is 11.6 Å². The van der Waals surface area contributed by atoms with Gasteiger partial charge >= 0.3 is 6.03 Å². The summed E-state index contributed by atoms with van der Waals surface area (Å²) in [6, 6.07) is 12.2. The van der Waals surface area contributed by atoms with Crippen molar-refractivity contribution >= 4 is 29.2 Å². The molecule has 0 radical (unpaired) electrons. The molecule has 0 aromatic heterocycles. The number of nitrogens with zero attached hydrogens (tertiary/aromatic N) is 1. The number of carbonyl (C=O) groups is 2. The highest BCUT2D eigenvalue weighted by Crippen LogP contribution is 2.40. The van der Waals surface area contributed by atoms with Crippen LogP contribution in [0.15, 0.2) is 42.5 Å². The van der Waals surface area contributed by atoms with Gasteiger partial charge in [-0.2, -0.15) is 0 Å². The SMILES string of the molecule is O=C(CCC1CCCC1)NNC(=O)N1Cc2ccccc2Oc2ccc(Cl)cc21. The molecule has 7 heteroatoms. The van der Waals surface area contributed by atoms with Crippen molar-refractivity contribution < 1.29 is 14.3 Å². The van der Waals surface area contributed by atoms with Gasteiger partial charge in [0.25, 0.3) is 0 Å². The van der Waals surface area contributed by atoms with Crippen molar-refractivity contribution in [3.8, 4) is 11.5 Å². The van der Waals surface area contributed by atoms with Gasteiger partial charge in [0.05, 0.1) is 12.2 Å². The average molecular weight is 414 g/mol. The van der Waals surface area contributed by atoms with E-state index < -0.39 is 6.03 Å². The molecule has 0 saturated heterocycles. The Bertz CT molecular complexity index is 912. The minimum atomic E-state index is -0.442. The first kappa shape index (κ1) is 19.6. The highest BCUT2D eigenvalue weighted by atomic mass is 35.5. The molecule has 2 aromatic rings. The fourth-order valence-corrected chi connectivity index (χ4v) is 4.13. The van der Waals surface area contributed by atoms with Crippen LogP contribution in [0.1, 0.15) is 44.1 Å². The number of carbonyl (C=O) groups excluding carboxylic acids is 2. The first-order chi connectivity index (χ1) is 14.1. The van der Waals surface area contributed by atoms with Crippen LogP contribution in [0.2, 0.25) is 5.02 Å². The zero-order valence-electron chi connectivity index (χ0n) is 16.1. The van der Waals surface area contributed by atoms with Crippen molar-refractivity contribution in [2.45, 2.75) is 45.1 Å². The number of hydrogen-bond acceptors (Lipinski definition) is 3. The van der Waals surface area contributed by atoms with Crippen molar-refractivity contribution in [3.63, 3.8) is 0 Å². The molecule has 6 nitrogen and oxygen atoms in total. The Morgan fingerprint density at radius 1 is 1.07 bits per heavy atom. The van der Waals surface area contributed by atoms with Crippen molar-refractivity contribution in [3.05, 3.63) is 53.1 Å². The number of amides is 3. The van der Waals surface area contributed by atoms with Crippen LogP contribution in [0.3, 0.4) is 0 Å². The zero-order chi connectivity index (χ0) is 20.2. The smallest absolute Gasteiger partial charge is 0.341 e. The Kier molecular flexibility index (Phi) is 5.90. The average Bonchev–Trinajstić information content (AvgIpc) is 3.19. The predicted molar refractivity (Wildman–Crippen MR) is 112 cm³/mol. The summed E-state index contributed by atoms with van der Waals surface area (Å²) < 4.78 is 5.99. The fourth-order valence-electron chi connectivity index (χ4n) is 3.96. The van der Waals surface area contributed by atoms with E-state index in [-0.39, 0.29) is 5.91 Å². The third kappa shape index (κ3) is 4.65. The number of fused-ring (bicyclic) bond motifs is 2. The normalized spacial score (nSPS) is 15.7. The number of para-hydroxylation sites is 1. The fraction of sp³-hybridized carbons (Fsp3) is 0.364. The van der Waals surface area contributed by atoms with Crippen LogP contribution in [0.5, 0.6) is 11.5 Å². The minimum Gasteiger partial charge on any atom is -0.455 e. The second-order valence-electron chi connectivity index (χ2n) is 7.58. The summed E-state index contributed by atoms with van der Waals surface area (Å²) in [4.78, 5) is 26.6. The molecule has 0 atom stereocenters. The number of hydrazine groups is 1. The van der Waals surface area contributed by atoms with E-state index in [0.717, 1.165) is 12.0 Å². The first-order valence-electron chi connectivity index (χ1n) is 10.0. The van der Waals surface area contributed by atoms with E-state index in [4.69, 9.17) is 16.3 Å². The summed E-state index contributed by atoms with van der Waals surface area (Å²) in [5.41, 5.74) is 6.49. The summed E-state index contributed by atoms with van der Waals surface area (Å²) in [7, 11) is 0. The Balaban J connectivity index is 1.45. The molecule has 0 bridgehead atoms. The second kappa shape index (κ2) is 8.74. The van der Waals surface area contributed by atoms with E-state index in [1.165, 1.54) is 30.6 Å². The number of benzene rings is 2. The Morgan fingerprint density at radius 3 is 2.69 bits per heavy atom. The molecule has 0 spiro atoms. The molecule has 1 fully saturated rings. The predicted octanol–water partition coefficient (Wildman–Crippen LogP) is 5.16. The van der Waals surface area contributed by atoms with Gasteiger partial charge in [0.15, 0.2) is 5.75 Å². The molecule has 1 aliphatic carbocycles. The lowest BCUT2D eigenvalue weighted by atomic mass is 10.0. The molecular weight excluding hydrogens is 390 g/mol. The Hall–Kier alpha value is -2.73. The molecule has 1 aliphatic heterocycles. The van der Waals surface area contributed by atoms with Gasteiger partial charge in [-0.25, -0.2) is 10.2 Å². The molecule has 3 amide bonds. The van der Waals surface area contributed by atoms with Gasteiger partial charge in [-0.3, -0.25) is 15.1 Å². The number of hydrogen-bond donors (Lipinski definition) is 2. The van der Waals surface area contributed by atoms with Crippen LogP contribution in [0.4, 0.5) is 10.5 Å². The van der Waals surface area contributed by atoms with E-state index in [1.54, 1.807) is 18.2 Å². The lowest BCUT2D eigenvalue weighted by molar-refractivity contribution is -0.122. The van der Waals surface area contributed by atoms with Crippen molar-refractivity contribution in [1.82, 2.24) is 10.9 Å². The van der Waals surface area contributed by atoms with Crippen molar-refractivity contribution in [2.24, 2.45) is 5.92 Å². The summed E-state index contributed by atoms with van der Waals surface area (Å²) >= 11 is 6.16. The highest BCUT2D eigenvalue weighted by molar-refractivity contribution is 6.31. The molecule has 29 heavy (non-hydrogen) atoms. The molecule has 4 rings (SSSR count). The van der Waals surface area contributed by atoms with Gasteiger partial charge in [-0.05, 0) is 36.6 Å². The summed E-state index contributed by atoms with van der Waals surface area (Å²) in [5, 5.41) is 0.497. The largest absolute Gasteiger partial charge is 0.455 e. The van der Waals surface area contributed by atoms with E-state index in [1.807, 2.05) is 24.3 Å². The summed E-state index contributed by atoms with van der Waals surface area (Å²) in [5.74, 6) is 1.67. The molecule has 2 aromatic carbocycles.